The first-order valence-electron chi connectivity index (χ1n) is 4.48. The van der Waals surface area contributed by atoms with Gasteiger partial charge in [0.25, 0.3) is 0 Å². The van der Waals surface area contributed by atoms with Gasteiger partial charge in [-0.05, 0) is 0 Å². The largest absolute Gasteiger partial charge is 0.480 e. The summed E-state index contributed by atoms with van der Waals surface area (Å²) in [5, 5.41) is 12.7. The summed E-state index contributed by atoms with van der Waals surface area (Å²) in [6.45, 7) is -0.272. The number of rotatable bonds is 3. The van der Waals surface area contributed by atoms with Crippen LogP contribution in [0.2, 0.25) is 0 Å². The van der Waals surface area contributed by atoms with Crippen LogP contribution >= 0.6 is 0 Å². The Bertz CT molecular complexity index is 508. The molecule has 7 nitrogen and oxygen atoms in total. The Morgan fingerprint density at radius 1 is 1.44 bits per heavy atom. The number of carboxylic acids is 1. The van der Waals surface area contributed by atoms with Crippen LogP contribution in [0.25, 0.3) is 11.4 Å². The first-order valence-corrected chi connectivity index (χ1v) is 4.48. The lowest BCUT2D eigenvalue weighted by Crippen LogP contribution is -2.12. The molecule has 2 aromatic heterocycles. The van der Waals surface area contributed by atoms with Crippen LogP contribution in [-0.4, -0.2) is 30.8 Å². The first-order chi connectivity index (χ1) is 7.66. The van der Waals surface area contributed by atoms with Gasteiger partial charge in [0.15, 0.2) is 0 Å². The molecule has 0 saturated heterocycles. The Morgan fingerprint density at radius 2 is 2.25 bits per heavy atom. The van der Waals surface area contributed by atoms with Crippen molar-refractivity contribution in [2.24, 2.45) is 0 Å². The van der Waals surface area contributed by atoms with E-state index < -0.39 is 5.97 Å². The number of hydrogen-bond acceptors (Lipinski definition) is 5. The quantitative estimate of drug-likeness (QED) is 0.752. The molecule has 0 spiro atoms. The van der Waals surface area contributed by atoms with E-state index in [4.69, 9.17) is 10.8 Å². The maximum atomic E-state index is 10.5. The van der Waals surface area contributed by atoms with Crippen molar-refractivity contribution < 1.29 is 9.90 Å². The Balaban J connectivity index is 2.34. The van der Waals surface area contributed by atoms with Crippen molar-refractivity contribution in [3.8, 4) is 11.4 Å². The Hall–Kier alpha value is -2.44. The lowest BCUT2D eigenvalue weighted by molar-refractivity contribution is -0.137. The van der Waals surface area contributed by atoms with E-state index >= 15 is 0 Å². The number of anilines is 1. The predicted molar refractivity (Wildman–Crippen MR) is 55.3 cm³/mol. The fraction of sp³-hybridized carbons (Fsp3) is 0.111. The summed E-state index contributed by atoms with van der Waals surface area (Å²) < 4.78 is 1.20. The van der Waals surface area contributed by atoms with Crippen LogP contribution in [-0.2, 0) is 11.3 Å². The van der Waals surface area contributed by atoms with Crippen LogP contribution < -0.4 is 5.73 Å². The Morgan fingerprint density at radius 3 is 2.88 bits per heavy atom. The monoisotopic (exact) mass is 219 g/mol. The summed E-state index contributed by atoms with van der Waals surface area (Å²) in [5.74, 6) is -0.719. The molecule has 0 bridgehead atoms. The van der Waals surface area contributed by atoms with E-state index in [2.05, 4.69) is 15.1 Å². The van der Waals surface area contributed by atoms with E-state index in [-0.39, 0.29) is 12.4 Å². The molecule has 2 aromatic rings. The van der Waals surface area contributed by atoms with Crippen molar-refractivity contribution in [3.05, 3.63) is 24.7 Å². The molecule has 0 radical (unpaired) electrons. The summed E-state index contributed by atoms with van der Waals surface area (Å²) in [7, 11) is 0. The van der Waals surface area contributed by atoms with Gasteiger partial charge in [-0.3, -0.25) is 14.8 Å². The molecular weight excluding hydrogens is 210 g/mol. The van der Waals surface area contributed by atoms with Crippen LogP contribution in [0.1, 0.15) is 0 Å². The highest BCUT2D eigenvalue weighted by atomic mass is 16.4. The average molecular weight is 219 g/mol. The molecular formula is C9H9N5O2. The lowest BCUT2D eigenvalue weighted by Gasteiger charge is -1.97. The first kappa shape index (κ1) is 10.1. The predicted octanol–water partition coefficient (Wildman–Crippen LogP) is 0.00690. The number of nitrogens with two attached hydrogens (primary N) is 1. The molecule has 2 heterocycles. The fourth-order valence-electron chi connectivity index (χ4n) is 1.24. The Kier molecular flexibility index (Phi) is 2.50. The van der Waals surface area contributed by atoms with Gasteiger partial charge in [-0.15, -0.1) is 0 Å². The molecule has 82 valence electrons. The van der Waals surface area contributed by atoms with Crippen molar-refractivity contribution in [2.45, 2.75) is 6.54 Å². The SMILES string of the molecule is Nc1cc(-c2cnccn2)nn1CC(=O)O. The van der Waals surface area contributed by atoms with Gasteiger partial charge in [-0.25, -0.2) is 4.68 Å². The highest BCUT2D eigenvalue weighted by Crippen LogP contribution is 2.16. The molecule has 0 aliphatic carbocycles. The van der Waals surface area contributed by atoms with Gasteiger partial charge in [0.2, 0.25) is 0 Å². The second kappa shape index (κ2) is 3.97. The van der Waals surface area contributed by atoms with Crippen molar-refractivity contribution >= 4 is 11.8 Å². The third-order valence-electron chi connectivity index (χ3n) is 1.92. The Labute approximate surface area is 90.6 Å². The second-order valence-electron chi connectivity index (χ2n) is 3.10. The minimum absolute atomic E-state index is 0.272. The maximum Gasteiger partial charge on any atom is 0.325 e. The van der Waals surface area contributed by atoms with Crippen LogP contribution in [0.5, 0.6) is 0 Å². The summed E-state index contributed by atoms with van der Waals surface area (Å²) in [5.41, 5.74) is 6.68. The molecule has 0 aliphatic rings. The molecule has 0 atom stereocenters. The van der Waals surface area contributed by atoms with Gasteiger partial charge < -0.3 is 10.8 Å². The van der Waals surface area contributed by atoms with Crippen LogP contribution in [0.15, 0.2) is 24.7 Å². The minimum atomic E-state index is -1.000. The molecule has 3 N–H and O–H groups in total. The van der Waals surface area contributed by atoms with Gasteiger partial charge in [-0.2, -0.15) is 5.10 Å². The molecule has 2 rings (SSSR count). The topological polar surface area (TPSA) is 107 Å². The molecule has 0 saturated carbocycles. The fourth-order valence-corrected chi connectivity index (χ4v) is 1.24. The number of nitrogens with zero attached hydrogens (tertiary/aromatic N) is 4. The number of aliphatic carboxylic acids is 1. The van der Waals surface area contributed by atoms with E-state index in [1.54, 1.807) is 12.3 Å². The van der Waals surface area contributed by atoms with Gasteiger partial charge in [0.1, 0.15) is 23.8 Å². The van der Waals surface area contributed by atoms with Crippen LogP contribution in [0, 0.1) is 0 Å². The van der Waals surface area contributed by atoms with Crippen molar-refractivity contribution in [1.82, 2.24) is 19.7 Å². The van der Waals surface area contributed by atoms with Crippen molar-refractivity contribution in [3.63, 3.8) is 0 Å². The van der Waals surface area contributed by atoms with E-state index in [9.17, 15) is 4.79 Å². The van der Waals surface area contributed by atoms with E-state index in [0.29, 0.717) is 11.4 Å². The smallest absolute Gasteiger partial charge is 0.325 e. The molecule has 0 fully saturated rings. The van der Waals surface area contributed by atoms with Gasteiger partial charge in [-0.1, -0.05) is 0 Å². The average Bonchev–Trinajstić information content (AvgIpc) is 2.61. The van der Waals surface area contributed by atoms with Crippen LogP contribution in [0.4, 0.5) is 5.82 Å². The highest BCUT2D eigenvalue weighted by molar-refractivity contribution is 5.67. The van der Waals surface area contributed by atoms with E-state index in [1.165, 1.54) is 17.1 Å². The normalized spacial score (nSPS) is 10.2. The maximum absolute atomic E-state index is 10.5. The zero-order valence-corrected chi connectivity index (χ0v) is 8.24. The number of nitrogen functional groups attached to an aromatic ring is 1. The van der Waals surface area contributed by atoms with E-state index in [1.807, 2.05) is 0 Å². The zero-order chi connectivity index (χ0) is 11.5. The van der Waals surface area contributed by atoms with Crippen LogP contribution in [0.3, 0.4) is 0 Å². The summed E-state index contributed by atoms with van der Waals surface area (Å²) in [4.78, 5) is 18.5. The van der Waals surface area contributed by atoms with E-state index in [0.717, 1.165) is 0 Å². The third-order valence-corrected chi connectivity index (χ3v) is 1.92. The zero-order valence-electron chi connectivity index (χ0n) is 8.24. The lowest BCUT2D eigenvalue weighted by atomic mass is 10.3. The molecule has 0 amide bonds. The molecule has 0 aliphatic heterocycles. The number of aromatic nitrogens is 4. The molecule has 0 aromatic carbocycles. The van der Waals surface area contributed by atoms with Crippen molar-refractivity contribution in [2.75, 3.05) is 5.73 Å². The summed E-state index contributed by atoms with van der Waals surface area (Å²) >= 11 is 0. The molecule has 16 heavy (non-hydrogen) atoms. The summed E-state index contributed by atoms with van der Waals surface area (Å²) in [6, 6.07) is 1.56. The van der Waals surface area contributed by atoms with Crippen molar-refractivity contribution in [1.29, 1.82) is 0 Å². The third kappa shape index (κ3) is 1.97. The number of carboxylic acid groups (broad SMARTS) is 1. The number of hydrogen-bond donors (Lipinski definition) is 2. The van der Waals surface area contributed by atoms with Gasteiger partial charge >= 0.3 is 5.97 Å². The summed E-state index contributed by atoms with van der Waals surface area (Å²) in [6.07, 6.45) is 4.61. The van der Waals surface area contributed by atoms with Gasteiger partial charge in [0.05, 0.1) is 6.20 Å². The molecule has 0 unspecified atom stereocenters. The second-order valence-corrected chi connectivity index (χ2v) is 3.10. The number of carbonyl (C=O) groups is 1. The minimum Gasteiger partial charge on any atom is -0.480 e. The molecule has 7 heteroatoms. The van der Waals surface area contributed by atoms with Gasteiger partial charge in [0, 0.05) is 18.5 Å². The standard InChI is InChI=1S/C9H9N5O2/c10-8-3-6(7-4-11-1-2-12-7)13-14(8)5-9(15)16/h1-4H,5,10H2,(H,15,16). The highest BCUT2D eigenvalue weighted by Gasteiger charge is 2.10.